The Bertz CT molecular complexity index is 460. The number of methoxy groups -OCH3 is 2. The van der Waals surface area contributed by atoms with E-state index >= 15 is 0 Å². The lowest BCUT2D eigenvalue weighted by Crippen LogP contribution is -2.34. The molecule has 0 bridgehead atoms. The van der Waals surface area contributed by atoms with Crippen molar-refractivity contribution in [2.45, 2.75) is 20.3 Å². The van der Waals surface area contributed by atoms with Gasteiger partial charge < -0.3 is 14.6 Å². The van der Waals surface area contributed by atoms with Crippen molar-refractivity contribution in [3.05, 3.63) is 23.8 Å². The first-order valence-corrected chi connectivity index (χ1v) is 7.11. The fourth-order valence-corrected chi connectivity index (χ4v) is 2.27. The molecule has 0 saturated carbocycles. The van der Waals surface area contributed by atoms with Gasteiger partial charge in [-0.15, -0.1) is 0 Å². The molecule has 0 aliphatic carbocycles. The van der Waals surface area contributed by atoms with Gasteiger partial charge in [-0.25, -0.2) is 0 Å². The average molecular weight is 295 g/mol. The minimum Gasteiger partial charge on any atom is -0.493 e. The van der Waals surface area contributed by atoms with Crippen LogP contribution in [0, 0.1) is 5.92 Å². The van der Waals surface area contributed by atoms with Crippen molar-refractivity contribution in [2.75, 3.05) is 33.9 Å². The van der Waals surface area contributed by atoms with Gasteiger partial charge in [0.05, 0.1) is 20.8 Å². The first kappa shape index (κ1) is 17.3. The molecule has 1 N–H and O–H groups in total. The largest absolute Gasteiger partial charge is 0.493 e. The second-order valence-corrected chi connectivity index (χ2v) is 5.46. The zero-order valence-corrected chi connectivity index (χ0v) is 13.3. The first-order chi connectivity index (χ1) is 9.96. The van der Waals surface area contributed by atoms with Crippen LogP contribution >= 0.6 is 0 Å². The Hall–Kier alpha value is -1.75. The van der Waals surface area contributed by atoms with E-state index in [1.807, 2.05) is 23.1 Å². The lowest BCUT2D eigenvalue weighted by atomic mass is 10.1. The number of nitrogens with zero attached hydrogens (tertiary/aromatic N) is 1. The molecule has 118 valence electrons. The summed E-state index contributed by atoms with van der Waals surface area (Å²) < 4.78 is 10.5. The minimum atomic E-state index is -0.789. The van der Waals surface area contributed by atoms with Gasteiger partial charge in [0.1, 0.15) is 0 Å². The van der Waals surface area contributed by atoms with Gasteiger partial charge in [0.2, 0.25) is 0 Å². The number of ether oxygens (including phenoxy) is 2. The van der Waals surface area contributed by atoms with E-state index in [1.54, 1.807) is 14.2 Å². The van der Waals surface area contributed by atoms with Crippen molar-refractivity contribution in [2.24, 2.45) is 5.92 Å². The summed E-state index contributed by atoms with van der Waals surface area (Å²) in [5.41, 5.74) is 1.10. The summed E-state index contributed by atoms with van der Waals surface area (Å²) in [5.74, 6) is 1.05. The van der Waals surface area contributed by atoms with Crippen molar-refractivity contribution < 1.29 is 19.4 Å². The van der Waals surface area contributed by atoms with Crippen LogP contribution in [0.15, 0.2) is 18.2 Å². The summed E-state index contributed by atoms with van der Waals surface area (Å²) in [6.07, 6.45) is 0.778. The van der Waals surface area contributed by atoms with E-state index in [0.717, 1.165) is 18.5 Å². The number of carbonyl (C=O) groups is 1. The fraction of sp³-hybridized carbons (Fsp3) is 0.562. The molecule has 21 heavy (non-hydrogen) atoms. The van der Waals surface area contributed by atoms with E-state index in [4.69, 9.17) is 14.6 Å². The Morgan fingerprint density at radius 3 is 2.43 bits per heavy atom. The van der Waals surface area contributed by atoms with E-state index < -0.39 is 5.97 Å². The van der Waals surface area contributed by atoms with Crippen LogP contribution in [0.5, 0.6) is 11.5 Å². The van der Waals surface area contributed by atoms with Crippen LogP contribution in [-0.4, -0.2) is 49.8 Å². The molecule has 0 atom stereocenters. The quantitative estimate of drug-likeness (QED) is 0.757. The first-order valence-electron chi connectivity index (χ1n) is 7.11. The number of hydrogen-bond acceptors (Lipinski definition) is 4. The Morgan fingerprint density at radius 1 is 1.24 bits per heavy atom. The normalized spacial score (nSPS) is 11.0. The molecule has 1 aromatic carbocycles. The molecular formula is C16H25NO4. The number of rotatable bonds is 9. The Balaban J connectivity index is 2.68. The van der Waals surface area contributed by atoms with Gasteiger partial charge in [0.25, 0.3) is 0 Å². The third-order valence-electron chi connectivity index (χ3n) is 3.15. The summed E-state index contributed by atoms with van der Waals surface area (Å²) in [7, 11) is 3.21. The minimum absolute atomic E-state index is 0.0749. The zero-order chi connectivity index (χ0) is 15.8. The Labute approximate surface area is 126 Å². The van der Waals surface area contributed by atoms with Crippen molar-refractivity contribution >= 4 is 5.97 Å². The lowest BCUT2D eigenvalue weighted by molar-refractivity contribution is -0.138. The molecule has 0 fully saturated rings. The topological polar surface area (TPSA) is 59.0 Å². The summed E-state index contributed by atoms with van der Waals surface area (Å²) in [4.78, 5) is 12.9. The molecule has 1 aromatic rings. The molecule has 0 radical (unpaired) electrons. The number of carboxylic acid groups (broad SMARTS) is 1. The van der Waals surface area contributed by atoms with Crippen LogP contribution < -0.4 is 9.47 Å². The van der Waals surface area contributed by atoms with Crippen molar-refractivity contribution in [3.8, 4) is 11.5 Å². The van der Waals surface area contributed by atoms with Crippen LogP contribution in [0.25, 0.3) is 0 Å². The van der Waals surface area contributed by atoms with Gasteiger partial charge in [0, 0.05) is 13.1 Å². The summed E-state index contributed by atoms with van der Waals surface area (Å²) >= 11 is 0. The molecule has 5 nitrogen and oxygen atoms in total. The van der Waals surface area contributed by atoms with Gasteiger partial charge in [0.15, 0.2) is 11.5 Å². The highest BCUT2D eigenvalue weighted by atomic mass is 16.5. The predicted molar refractivity (Wildman–Crippen MR) is 82.2 cm³/mol. The Morgan fingerprint density at radius 2 is 1.90 bits per heavy atom. The maximum absolute atomic E-state index is 10.9. The SMILES string of the molecule is COc1ccc(CCN(CC(=O)O)CC(C)C)cc1OC. The van der Waals surface area contributed by atoms with Crippen molar-refractivity contribution in [1.82, 2.24) is 4.90 Å². The molecule has 1 rings (SSSR count). The maximum Gasteiger partial charge on any atom is 0.317 e. The highest BCUT2D eigenvalue weighted by Gasteiger charge is 2.12. The third kappa shape index (κ3) is 6.04. The number of carboxylic acids is 1. The van der Waals surface area contributed by atoms with E-state index in [0.29, 0.717) is 24.0 Å². The third-order valence-corrected chi connectivity index (χ3v) is 3.15. The maximum atomic E-state index is 10.9. The van der Waals surface area contributed by atoms with Crippen LogP contribution in [0.1, 0.15) is 19.4 Å². The van der Waals surface area contributed by atoms with Crippen molar-refractivity contribution in [3.63, 3.8) is 0 Å². The van der Waals surface area contributed by atoms with E-state index in [2.05, 4.69) is 13.8 Å². The predicted octanol–water partition coefficient (Wildman–Crippen LogP) is 2.29. The molecule has 0 amide bonds. The molecule has 5 heteroatoms. The number of benzene rings is 1. The second-order valence-electron chi connectivity index (χ2n) is 5.46. The number of hydrogen-bond donors (Lipinski definition) is 1. The molecule has 0 spiro atoms. The van der Waals surface area contributed by atoms with Gasteiger partial charge in [-0.3, -0.25) is 9.69 Å². The monoisotopic (exact) mass is 295 g/mol. The standard InChI is InChI=1S/C16H25NO4/c1-12(2)10-17(11-16(18)19)8-7-13-5-6-14(20-3)15(9-13)21-4/h5-6,9,12H,7-8,10-11H2,1-4H3,(H,18,19). The summed E-state index contributed by atoms with van der Waals surface area (Å²) in [5, 5.41) is 8.97. The van der Waals surface area contributed by atoms with Crippen LogP contribution in [-0.2, 0) is 11.2 Å². The van der Waals surface area contributed by atoms with Gasteiger partial charge in [-0.1, -0.05) is 19.9 Å². The highest BCUT2D eigenvalue weighted by Crippen LogP contribution is 2.27. The molecule has 0 saturated heterocycles. The molecule has 0 unspecified atom stereocenters. The molecule has 0 aliphatic rings. The fourth-order valence-electron chi connectivity index (χ4n) is 2.27. The summed E-state index contributed by atoms with van der Waals surface area (Å²) in [6.45, 7) is 5.74. The molecule has 0 heterocycles. The van der Waals surface area contributed by atoms with Crippen LogP contribution in [0.4, 0.5) is 0 Å². The van der Waals surface area contributed by atoms with Crippen LogP contribution in [0.2, 0.25) is 0 Å². The van der Waals surface area contributed by atoms with Gasteiger partial charge in [-0.05, 0) is 30.0 Å². The lowest BCUT2D eigenvalue weighted by Gasteiger charge is -2.22. The summed E-state index contributed by atoms with van der Waals surface area (Å²) in [6, 6.07) is 5.79. The average Bonchev–Trinajstić information content (AvgIpc) is 2.43. The number of aliphatic carboxylic acids is 1. The van der Waals surface area contributed by atoms with Crippen molar-refractivity contribution in [1.29, 1.82) is 0 Å². The molecule has 0 aromatic heterocycles. The highest BCUT2D eigenvalue weighted by molar-refractivity contribution is 5.69. The van der Waals surface area contributed by atoms with Crippen LogP contribution in [0.3, 0.4) is 0 Å². The Kier molecular flexibility index (Phi) is 7.02. The smallest absolute Gasteiger partial charge is 0.317 e. The van der Waals surface area contributed by atoms with E-state index in [1.165, 1.54) is 0 Å². The van der Waals surface area contributed by atoms with Gasteiger partial charge in [-0.2, -0.15) is 0 Å². The van der Waals surface area contributed by atoms with Gasteiger partial charge >= 0.3 is 5.97 Å². The zero-order valence-electron chi connectivity index (χ0n) is 13.3. The van der Waals surface area contributed by atoms with E-state index in [-0.39, 0.29) is 6.54 Å². The molecular weight excluding hydrogens is 270 g/mol. The second kappa shape index (κ2) is 8.52. The molecule has 0 aliphatic heterocycles. The van der Waals surface area contributed by atoms with E-state index in [9.17, 15) is 4.79 Å².